The number of hydrogen-bond acceptors (Lipinski definition) is 7. The lowest BCUT2D eigenvalue weighted by Crippen LogP contribution is -2.59. The van der Waals surface area contributed by atoms with E-state index < -0.39 is 36.4 Å². The number of carboxylic acid groups (broad SMARTS) is 3. The molecule has 0 radical (unpaired) electrons. The lowest BCUT2D eigenvalue weighted by molar-refractivity contribution is -0.170. The Morgan fingerprint density at radius 3 is 2.00 bits per heavy atom. The standard InChI is InChI=1S/C19H29NO2.C6H8O7/c1-3-22-13-12-20-14-17-10-7-11-18(15-20)19(17,21-2)16-8-5-4-6-9-16;7-3(8)1-6(13,5(11)12)2-4(9)10/h4-6,8-9,17-18H,3,7,10-15H2,1-2H3;13H,1-2H2,(H,7,8)(H,9,10)(H,11,12). The first kappa shape index (κ1) is 28.7. The molecule has 1 aliphatic heterocycles. The fraction of sp³-hybridized carbons (Fsp3) is 0.640. The summed E-state index contributed by atoms with van der Waals surface area (Å²) < 4.78 is 11.8. The highest BCUT2D eigenvalue weighted by Crippen LogP contribution is 2.51. The van der Waals surface area contributed by atoms with Crippen molar-refractivity contribution in [3.05, 3.63) is 35.9 Å². The molecule has 2 atom stereocenters. The molecule has 2 fully saturated rings. The van der Waals surface area contributed by atoms with Gasteiger partial charge in [-0.2, -0.15) is 0 Å². The minimum absolute atomic E-state index is 0.0817. The van der Waals surface area contributed by atoms with Crippen molar-refractivity contribution in [3.63, 3.8) is 0 Å². The summed E-state index contributed by atoms with van der Waals surface area (Å²) in [7, 11) is 1.91. The third-order valence-electron chi connectivity index (χ3n) is 6.88. The molecule has 3 rings (SSSR count). The minimum atomic E-state index is -2.74. The molecular formula is C25H37NO9. The molecule has 1 aliphatic carbocycles. The zero-order chi connectivity index (χ0) is 26.1. The normalized spacial score (nSPS) is 24.2. The third kappa shape index (κ3) is 7.23. The second-order valence-electron chi connectivity index (χ2n) is 9.12. The van der Waals surface area contributed by atoms with E-state index in [1.54, 1.807) is 0 Å². The van der Waals surface area contributed by atoms with Gasteiger partial charge in [-0.05, 0) is 25.3 Å². The summed E-state index contributed by atoms with van der Waals surface area (Å²) in [6.45, 7) is 7.04. The number of methoxy groups -OCH3 is 1. The summed E-state index contributed by atoms with van der Waals surface area (Å²) in [5, 5.41) is 33.8. The molecule has 10 nitrogen and oxygen atoms in total. The fourth-order valence-electron chi connectivity index (χ4n) is 5.38. The van der Waals surface area contributed by atoms with E-state index in [9.17, 15) is 14.4 Å². The summed E-state index contributed by atoms with van der Waals surface area (Å²) in [6.07, 6.45) is 1.59. The van der Waals surface area contributed by atoms with Crippen LogP contribution in [0, 0.1) is 11.8 Å². The van der Waals surface area contributed by atoms with Crippen LogP contribution in [0.4, 0.5) is 0 Å². The van der Waals surface area contributed by atoms with E-state index in [1.807, 2.05) is 7.11 Å². The third-order valence-corrected chi connectivity index (χ3v) is 6.88. The van der Waals surface area contributed by atoms with Crippen LogP contribution >= 0.6 is 0 Å². The average molecular weight is 496 g/mol. The lowest BCUT2D eigenvalue weighted by Gasteiger charge is -2.55. The Labute approximate surface area is 205 Å². The second kappa shape index (κ2) is 13.0. The Bertz CT molecular complexity index is 815. The summed E-state index contributed by atoms with van der Waals surface area (Å²) in [5.74, 6) is -3.84. The number of aliphatic carboxylic acids is 3. The monoisotopic (exact) mass is 495 g/mol. The molecule has 196 valence electrons. The lowest BCUT2D eigenvalue weighted by atomic mass is 9.62. The molecule has 4 N–H and O–H groups in total. The summed E-state index contributed by atoms with van der Waals surface area (Å²) in [4.78, 5) is 33.1. The maximum atomic E-state index is 10.3. The highest BCUT2D eigenvalue weighted by molar-refractivity contribution is 5.88. The van der Waals surface area contributed by atoms with E-state index in [0.29, 0.717) is 11.8 Å². The molecule has 2 unspecified atom stereocenters. The number of rotatable bonds is 11. The minimum Gasteiger partial charge on any atom is -0.481 e. The number of piperidine rings is 1. The zero-order valence-electron chi connectivity index (χ0n) is 20.4. The van der Waals surface area contributed by atoms with Gasteiger partial charge in [-0.1, -0.05) is 36.8 Å². The van der Waals surface area contributed by atoms with Crippen LogP contribution in [0.3, 0.4) is 0 Å². The van der Waals surface area contributed by atoms with Crippen molar-refractivity contribution in [1.82, 2.24) is 4.90 Å². The molecule has 1 saturated heterocycles. The summed E-state index contributed by atoms with van der Waals surface area (Å²) >= 11 is 0. The van der Waals surface area contributed by atoms with Gasteiger partial charge in [0.2, 0.25) is 0 Å². The molecule has 1 heterocycles. The number of carboxylic acids is 3. The maximum absolute atomic E-state index is 10.3. The van der Waals surface area contributed by atoms with Crippen LogP contribution in [0.1, 0.15) is 44.6 Å². The Morgan fingerprint density at radius 1 is 1.03 bits per heavy atom. The van der Waals surface area contributed by atoms with Gasteiger partial charge in [-0.25, -0.2) is 4.79 Å². The van der Waals surface area contributed by atoms with E-state index >= 15 is 0 Å². The van der Waals surface area contributed by atoms with Crippen molar-refractivity contribution in [1.29, 1.82) is 0 Å². The van der Waals surface area contributed by atoms with E-state index in [-0.39, 0.29) is 5.60 Å². The molecule has 2 aliphatic rings. The van der Waals surface area contributed by atoms with E-state index in [1.165, 1.54) is 24.8 Å². The Hall–Kier alpha value is -2.53. The average Bonchev–Trinajstić information content (AvgIpc) is 2.78. The van der Waals surface area contributed by atoms with Gasteiger partial charge < -0.3 is 34.8 Å². The SMILES string of the molecule is CCOCCN1CC2CCCC(C1)C2(OC)c1ccccc1.O=C(O)CC(O)(CC(=O)O)C(=O)O. The molecule has 1 saturated carbocycles. The Morgan fingerprint density at radius 2 is 1.57 bits per heavy atom. The topological polar surface area (TPSA) is 154 Å². The van der Waals surface area contributed by atoms with Crippen LogP contribution in [-0.4, -0.2) is 88.8 Å². The fourth-order valence-corrected chi connectivity index (χ4v) is 5.38. The first-order valence-corrected chi connectivity index (χ1v) is 11.9. The molecule has 0 aromatic heterocycles. The smallest absolute Gasteiger partial charge is 0.336 e. The van der Waals surface area contributed by atoms with Crippen molar-refractivity contribution < 1.29 is 44.3 Å². The molecule has 1 aromatic rings. The van der Waals surface area contributed by atoms with Crippen molar-refractivity contribution in [2.45, 2.75) is 50.2 Å². The number of likely N-dealkylation sites (tertiary alicyclic amines) is 1. The number of nitrogens with zero attached hydrogens (tertiary/aromatic N) is 1. The quantitative estimate of drug-likeness (QED) is 0.335. The highest BCUT2D eigenvalue weighted by atomic mass is 16.5. The largest absolute Gasteiger partial charge is 0.481 e. The molecule has 0 amide bonds. The van der Waals surface area contributed by atoms with Crippen LogP contribution in [0.25, 0.3) is 0 Å². The van der Waals surface area contributed by atoms with Crippen LogP contribution in [0.15, 0.2) is 30.3 Å². The van der Waals surface area contributed by atoms with E-state index in [4.69, 9.17) is 29.9 Å². The van der Waals surface area contributed by atoms with E-state index in [0.717, 1.165) is 32.8 Å². The van der Waals surface area contributed by atoms with Crippen LogP contribution in [0.2, 0.25) is 0 Å². The number of fused-ring (bicyclic) bond motifs is 2. The molecule has 0 spiro atoms. The van der Waals surface area contributed by atoms with Crippen LogP contribution < -0.4 is 0 Å². The molecular weight excluding hydrogens is 458 g/mol. The van der Waals surface area contributed by atoms with Crippen molar-refractivity contribution in [2.75, 3.05) is 40.0 Å². The van der Waals surface area contributed by atoms with Crippen molar-refractivity contribution >= 4 is 17.9 Å². The van der Waals surface area contributed by atoms with Gasteiger partial charge in [0.25, 0.3) is 0 Å². The van der Waals surface area contributed by atoms with Gasteiger partial charge in [-0.3, -0.25) is 9.59 Å². The number of carbonyl (C=O) groups is 3. The van der Waals surface area contributed by atoms with Crippen LogP contribution in [0.5, 0.6) is 0 Å². The summed E-state index contributed by atoms with van der Waals surface area (Å²) in [5.41, 5.74) is -1.45. The van der Waals surface area contributed by atoms with E-state index in [2.05, 4.69) is 42.2 Å². The van der Waals surface area contributed by atoms with Crippen LogP contribution in [-0.2, 0) is 29.5 Å². The second-order valence-corrected chi connectivity index (χ2v) is 9.12. The van der Waals surface area contributed by atoms with Gasteiger partial charge in [0.1, 0.15) is 5.60 Å². The summed E-state index contributed by atoms with van der Waals surface area (Å²) in [6, 6.07) is 10.9. The Kier molecular flexibility index (Phi) is 10.6. The molecule has 1 aromatic carbocycles. The highest BCUT2D eigenvalue weighted by Gasteiger charge is 2.52. The van der Waals surface area contributed by atoms with Crippen molar-refractivity contribution in [2.24, 2.45) is 11.8 Å². The number of ether oxygens (including phenoxy) is 2. The number of benzene rings is 1. The van der Waals surface area contributed by atoms with Gasteiger partial charge in [0, 0.05) is 45.2 Å². The number of aliphatic hydroxyl groups is 1. The predicted molar refractivity (Wildman–Crippen MR) is 126 cm³/mol. The Balaban J connectivity index is 0.000000287. The molecule has 35 heavy (non-hydrogen) atoms. The van der Waals surface area contributed by atoms with Gasteiger partial charge in [0.15, 0.2) is 5.60 Å². The van der Waals surface area contributed by atoms with Gasteiger partial charge in [-0.15, -0.1) is 0 Å². The van der Waals surface area contributed by atoms with Gasteiger partial charge in [0.05, 0.1) is 19.4 Å². The zero-order valence-corrected chi connectivity index (χ0v) is 20.4. The molecule has 10 heteroatoms. The predicted octanol–water partition coefficient (Wildman–Crippen LogP) is 2.05. The molecule has 2 bridgehead atoms. The number of hydrogen-bond donors (Lipinski definition) is 4. The first-order valence-electron chi connectivity index (χ1n) is 11.9. The van der Waals surface area contributed by atoms with Gasteiger partial charge >= 0.3 is 17.9 Å². The first-order chi connectivity index (χ1) is 16.6. The van der Waals surface area contributed by atoms with Crippen molar-refractivity contribution in [3.8, 4) is 0 Å². The maximum Gasteiger partial charge on any atom is 0.336 e.